The Morgan fingerprint density at radius 3 is 2.86 bits per heavy atom. The van der Waals surface area contributed by atoms with Crippen molar-refractivity contribution >= 4 is 29.6 Å². The SMILES string of the molecule is O=C(OSc1cccc(-c2ncco2)c1Cl)c1cnccn1. The largest absolute Gasteiger partial charge is 0.444 e. The monoisotopic (exact) mass is 333 g/mol. The minimum atomic E-state index is -0.601. The molecule has 2 heterocycles. The average Bonchev–Trinajstić information content (AvgIpc) is 3.08. The van der Waals surface area contributed by atoms with Crippen molar-refractivity contribution in [1.82, 2.24) is 15.0 Å². The molecule has 0 atom stereocenters. The van der Waals surface area contributed by atoms with Crippen molar-refractivity contribution in [3.63, 3.8) is 0 Å². The minimum Gasteiger partial charge on any atom is -0.444 e. The van der Waals surface area contributed by atoms with Gasteiger partial charge in [0.05, 0.1) is 39.9 Å². The standard InChI is InChI=1S/C14H8ClN3O3S/c15-12-9(13-18-6-7-20-13)2-1-3-11(12)22-21-14(19)10-8-16-4-5-17-10/h1-8H. The van der Waals surface area contributed by atoms with Gasteiger partial charge >= 0.3 is 5.97 Å². The van der Waals surface area contributed by atoms with Gasteiger partial charge in [0.25, 0.3) is 0 Å². The highest BCUT2D eigenvalue weighted by Gasteiger charge is 2.15. The van der Waals surface area contributed by atoms with E-state index in [9.17, 15) is 4.79 Å². The van der Waals surface area contributed by atoms with E-state index in [0.29, 0.717) is 21.4 Å². The fourth-order valence-electron chi connectivity index (χ4n) is 1.63. The van der Waals surface area contributed by atoms with Crippen LogP contribution in [0, 0.1) is 0 Å². The maximum atomic E-state index is 11.8. The number of aromatic nitrogens is 3. The van der Waals surface area contributed by atoms with E-state index in [-0.39, 0.29) is 5.69 Å². The summed E-state index contributed by atoms with van der Waals surface area (Å²) < 4.78 is 10.3. The fourth-order valence-corrected chi connectivity index (χ4v) is 2.50. The number of halogens is 1. The van der Waals surface area contributed by atoms with Crippen LogP contribution in [0.3, 0.4) is 0 Å². The van der Waals surface area contributed by atoms with Crippen LogP contribution < -0.4 is 0 Å². The number of nitrogens with zero attached hydrogens (tertiary/aromatic N) is 3. The van der Waals surface area contributed by atoms with Crippen LogP contribution >= 0.6 is 23.6 Å². The Morgan fingerprint density at radius 1 is 1.23 bits per heavy atom. The molecule has 0 radical (unpaired) electrons. The Hall–Kier alpha value is -2.38. The Balaban J connectivity index is 1.76. The number of hydrogen-bond donors (Lipinski definition) is 0. The predicted molar refractivity (Wildman–Crippen MR) is 80.3 cm³/mol. The average molecular weight is 334 g/mol. The summed E-state index contributed by atoms with van der Waals surface area (Å²) in [4.78, 5) is 24.1. The van der Waals surface area contributed by atoms with Crippen LogP contribution in [0.1, 0.15) is 10.5 Å². The third kappa shape index (κ3) is 3.10. The number of carbonyl (C=O) groups excluding carboxylic acids is 1. The lowest BCUT2D eigenvalue weighted by Gasteiger charge is -2.06. The van der Waals surface area contributed by atoms with Crippen molar-refractivity contribution in [2.24, 2.45) is 0 Å². The molecule has 8 heteroatoms. The summed E-state index contributed by atoms with van der Waals surface area (Å²) in [5, 5.41) is 0.391. The van der Waals surface area contributed by atoms with Gasteiger partial charge in [-0.2, -0.15) is 0 Å². The maximum absolute atomic E-state index is 11.8. The lowest BCUT2D eigenvalue weighted by atomic mass is 10.2. The summed E-state index contributed by atoms with van der Waals surface area (Å²) in [5.41, 5.74) is 0.738. The molecule has 0 aliphatic rings. The van der Waals surface area contributed by atoms with E-state index >= 15 is 0 Å². The van der Waals surface area contributed by atoms with Crippen molar-refractivity contribution in [2.45, 2.75) is 4.90 Å². The van der Waals surface area contributed by atoms with E-state index in [0.717, 1.165) is 12.0 Å². The van der Waals surface area contributed by atoms with E-state index in [1.54, 1.807) is 18.2 Å². The van der Waals surface area contributed by atoms with Crippen LogP contribution in [0.5, 0.6) is 0 Å². The van der Waals surface area contributed by atoms with Crippen molar-refractivity contribution < 1.29 is 13.4 Å². The van der Waals surface area contributed by atoms with Crippen LogP contribution in [0.4, 0.5) is 0 Å². The lowest BCUT2D eigenvalue weighted by molar-refractivity contribution is 0.0761. The Kier molecular flexibility index (Phi) is 4.36. The molecule has 0 saturated carbocycles. The van der Waals surface area contributed by atoms with E-state index in [1.165, 1.54) is 31.1 Å². The second kappa shape index (κ2) is 6.59. The summed E-state index contributed by atoms with van der Waals surface area (Å²) >= 11 is 7.13. The highest BCUT2D eigenvalue weighted by molar-refractivity contribution is 7.95. The van der Waals surface area contributed by atoms with Gasteiger partial charge in [0.15, 0.2) is 5.69 Å². The van der Waals surface area contributed by atoms with Gasteiger partial charge in [-0.3, -0.25) is 4.98 Å². The quantitative estimate of drug-likeness (QED) is 0.674. The first-order chi connectivity index (χ1) is 10.8. The summed E-state index contributed by atoms with van der Waals surface area (Å²) in [6.07, 6.45) is 7.20. The van der Waals surface area contributed by atoms with E-state index in [2.05, 4.69) is 15.0 Å². The molecule has 2 aromatic heterocycles. The second-order valence-electron chi connectivity index (χ2n) is 4.00. The molecule has 1 aromatic carbocycles. The zero-order chi connectivity index (χ0) is 15.4. The Morgan fingerprint density at radius 2 is 2.14 bits per heavy atom. The molecular weight excluding hydrogens is 326 g/mol. The molecule has 6 nitrogen and oxygen atoms in total. The molecule has 0 N–H and O–H groups in total. The zero-order valence-corrected chi connectivity index (χ0v) is 12.5. The lowest BCUT2D eigenvalue weighted by Crippen LogP contribution is -2.03. The molecule has 3 rings (SSSR count). The number of rotatable bonds is 4. The van der Waals surface area contributed by atoms with Crippen LogP contribution in [0.15, 0.2) is 58.6 Å². The van der Waals surface area contributed by atoms with Crippen molar-refractivity contribution in [1.29, 1.82) is 0 Å². The normalized spacial score (nSPS) is 10.4. The van der Waals surface area contributed by atoms with Gasteiger partial charge in [0, 0.05) is 12.4 Å². The van der Waals surface area contributed by atoms with E-state index in [1.807, 2.05) is 0 Å². The van der Waals surface area contributed by atoms with E-state index < -0.39 is 5.97 Å². The van der Waals surface area contributed by atoms with Gasteiger partial charge in [-0.15, -0.1) is 0 Å². The fraction of sp³-hybridized carbons (Fsp3) is 0. The predicted octanol–water partition coefficient (Wildman–Crippen LogP) is 3.65. The molecule has 0 aliphatic carbocycles. The molecular formula is C14H8ClN3O3S. The van der Waals surface area contributed by atoms with Crippen molar-refractivity contribution in [3.8, 4) is 11.5 Å². The molecule has 0 unspecified atom stereocenters. The molecule has 22 heavy (non-hydrogen) atoms. The number of oxazole rings is 1. The second-order valence-corrected chi connectivity index (χ2v) is 5.15. The molecule has 110 valence electrons. The van der Waals surface area contributed by atoms with Crippen LogP contribution in [-0.2, 0) is 4.18 Å². The summed E-state index contributed by atoms with van der Waals surface area (Å²) in [6, 6.07) is 5.26. The van der Waals surface area contributed by atoms with Crippen LogP contribution in [0.25, 0.3) is 11.5 Å². The van der Waals surface area contributed by atoms with Gasteiger partial charge in [-0.1, -0.05) is 17.7 Å². The molecule has 0 aliphatic heterocycles. The summed E-state index contributed by atoms with van der Waals surface area (Å²) in [5.74, 6) is -0.205. The van der Waals surface area contributed by atoms with Crippen molar-refractivity contribution in [3.05, 3.63) is 60.0 Å². The van der Waals surface area contributed by atoms with Gasteiger partial charge in [-0.25, -0.2) is 14.8 Å². The highest BCUT2D eigenvalue weighted by Crippen LogP contribution is 2.35. The van der Waals surface area contributed by atoms with Gasteiger partial charge in [-0.05, 0) is 12.1 Å². The van der Waals surface area contributed by atoms with Crippen molar-refractivity contribution in [2.75, 3.05) is 0 Å². The number of hydrogen-bond acceptors (Lipinski definition) is 7. The minimum absolute atomic E-state index is 0.120. The Bertz CT molecular complexity index is 781. The Labute approximate surface area is 134 Å². The maximum Gasteiger partial charge on any atom is 0.370 e. The summed E-state index contributed by atoms with van der Waals surface area (Å²) in [6.45, 7) is 0. The van der Waals surface area contributed by atoms with Crippen LogP contribution in [-0.4, -0.2) is 20.9 Å². The third-order valence-corrected chi connectivity index (χ3v) is 3.88. The van der Waals surface area contributed by atoms with E-state index in [4.69, 9.17) is 20.2 Å². The molecule has 0 bridgehead atoms. The molecule has 0 spiro atoms. The first-order valence-electron chi connectivity index (χ1n) is 6.09. The summed E-state index contributed by atoms with van der Waals surface area (Å²) in [7, 11) is 0. The molecule has 0 amide bonds. The number of carbonyl (C=O) groups is 1. The molecule has 0 fully saturated rings. The van der Waals surface area contributed by atoms with Gasteiger partial charge < -0.3 is 8.60 Å². The first kappa shape index (κ1) is 14.6. The topological polar surface area (TPSA) is 78.1 Å². The van der Waals surface area contributed by atoms with Gasteiger partial charge in [0.1, 0.15) is 6.26 Å². The molecule has 3 aromatic rings. The highest BCUT2D eigenvalue weighted by atomic mass is 35.5. The smallest absolute Gasteiger partial charge is 0.370 e. The van der Waals surface area contributed by atoms with Gasteiger partial charge in [0.2, 0.25) is 5.89 Å². The first-order valence-corrected chi connectivity index (χ1v) is 7.21. The van der Waals surface area contributed by atoms with Crippen LogP contribution in [0.2, 0.25) is 5.02 Å². The zero-order valence-electron chi connectivity index (χ0n) is 11.0. The number of benzene rings is 1. The third-order valence-electron chi connectivity index (χ3n) is 2.61. The molecule has 0 saturated heterocycles.